The average molecular weight is 534 g/mol. The zero-order chi connectivity index (χ0) is 22.0. The van der Waals surface area contributed by atoms with Crippen LogP contribution in [0.4, 0.5) is 0 Å². The molecule has 0 saturated heterocycles. The summed E-state index contributed by atoms with van der Waals surface area (Å²) in [7, 11) is 1.40. The second kappa shape index (κ2) is 13.2. The number of rotatable bonds is 13. The highest BCUT2D eigenvalue weighted by Gasteiger charge is 2.43. The first-order chi connectivity index (χ1) is 14.4. The standard InChI is InChI=1S/C24H39IO5/c1-30-23(29)10-5-3-2-4-9-18-19(21(27)17-20(18)26)11-12-22(28)24(14-8-15-24)13-6-7-16-25/h2,4,11-12,18-22,26-28H,3,5-10,13-17H2,1H3/b4-2-,12-11+/t18-,19-,20+,21-,22-/m1/s1. The van der Waals surface area contributed by atoms with Crippen LogP contribution in [-0.4, -0.2) is 51.1 Å². The minimum atomic E-state index is -0.572. The SMILES string of the molecule is COC(=O)CCC/C=C\C[C@@H]1[C@@H](/C=C/[C@@H](O)C2(CCCCI)CCC2)[C@H](O)C[C@@H]1O. The Balaban J connectivity index is 1.88. The van der Waals surface area contributed by atoms with Gasteiger partial charge < -0.3 is 20.1 Å². The molecule has 0 spiro atoms. The number of carbonyl (C=O) groups is 1. The number of aliphatic hydroxyl groups excluding tert-OH is 3. The van der Waals surface area contributed by atoms with Crippen LogP contribution < -0.4 is 0 Å². The molecule has 0 bridgehead atoms. The molecule has 0 aliphatic heterocycles. The second-order valence-electron chi connectivity index (χ2n) is 8.98. The fourth-order valence-electron chi connectivity index (χ4n) is 4.88. The molecule has 2 fully saturated rings. The van der Waals surface area contributed by atoms with E-state index >= 15 is 0 Å². The van der Waals surface area contributed by atoms with Crippen molar-refractivity contribution in [3.05, 3.63) is 24.3 Å². The Morgan fingerprint density at radius 3 is 2.60 bits per heavy atom. The van der Waals surface area contributed by atoms with Crippen LogP contribution in [0, 0.1) is 17.3 Å². The molecule has 0 amide bonds. The molecule has 0 aromatic rings. The molecule has 3 N–H and O–H groups in total. The summed E-state index contributed by atoms with van der Waals surface area (Å²) in [6.07, 6.45) is 16.1. The molecular formula is C24H39IO5. The summed E-state index contributed by atoms with van der Waals surface area (Å²) in [5, 5.41) is 31.7. The highest BCUT2D eigenvalue weighted by atomic mass is 127. The Morgan fingerprint density at radius 2 is 1.97 bits per heavy atom. The Bertz CT molecular complexity index is 572. The molecule has 2 aliphatic rings. The molecule has 6 heteroatoms. The number of unbranched alkanes of at least 4 members (excludes halogenated alkanes) is 2. The number of halogens is 1. The van der Waals surface area contributed by atoms with Crippen molar-refractivity contribution < 1.29 is 24.9 Å². The molecule has 0 unspecified atom stereocenters. The van der Waals surface area contributed by atoms with Gasteiger partial charge in [-0.15, -0.1) is 0 Å². The molecule has 0 aromatic heterocycles. The van der Waals surface area contributed by atoms with Crippen LogP contribution in [0.5, 0.6) is 0 Å². The predicted octanol–water partition coefficient (Wildman–Crippen LogP) is 4.33. The lowest BCUT2D eigenvalue weighted by molar-refractivity contribution is -0.140. The van der Waals surface area contributed by atoms with Gasteiger partial charge in [0.05, 0.1) is 25.4 Å². The predicted molar refractivity (Wildman–Crippen MR) is 127 cm³/mol. The number of aliphatic hydroxyl groups is 3. The zero-order valence-corrected chi connectivity index (χ0v) is 20.4. The zero-order valence-electron chi connectivity index (χ0n) is 18.2. The Morgan fingerprint density at radius 1 is 1.20 bits per heavy atom. The van der Waals surface area contributed by atoms with Gasteiger partial charge in [0, 0.05) is 18.8 Å². The van der Waals surface area contributed by atoms with E-state index in [0.717, 1.165) is 43.0 Å². The molecule has 0 aromatic carbocycles. The first-order valence-electron chi connectivity index (χ1n) is 11.4. The van der Waals surface area contributed by atoms with E-state index in [2.05, 4.69) is 27.3 Å². The molecule has 2 rings (SSSR count). The van der Waals surface area contributed by atoms with Crippen molar-refractivity contribution in [1.82, 2.24) is 0 Å². The van der Waals surface area contributed by atoms with E-state index in [9.17, 15) is 20.1 Å². The normalized spacial score (nSPS) is 29.4. The molecule has 0 radical (unpaired) electrons. The summed E-state index contributed by atoms with van der Waals surface area (Å²) in [6.45, 7) is 0. The summed E-state index contributed by atoms with van der Waals surface area (Å²) in [5.41, 5.74) is 0.0134. The summed E-state index contributed by atoms with van der Waals surface area (Å²) in [6, 6.07) is 0. The lowest BCUT2D eigenvalue weighted by atomic mass is 9.62. The third-order valence-corrected chi connectivity index (χ3v) is 7.78. The molecule has 2 aliphatic carbocycles. The number of methoxy groups -OCH3 is 1. The van der Waals surface area contributed by atoms with Gasteiger partial charge in [0.15, 0.2) is 0 Å². The maximum absolute atomic E-state index is 11.1. The molecule has 5 atom stereocenters. The molecule has 5 nitrogen and oxygen atoms in total. The van der Waals surface area contributed by atoms with E-state index < -0.39 is 18.3 Å². The number of carbonyl (C=O) groups excluding carboxylic acids is 1. The van der Waals surface area contributed by atoms with E-state index in [0.29, 0.717) is 19.3 Å². The van der Waals surface area contributed by atoms with Gasteiger partial charge in [-0.2, -0.15) is 0 Å². The van der Waals surface area contributed by atoms with E-state index in [1.165, 1.54) is 20.0 Å². The van der Waals surface area contributed by atoms with Crippen LogP contribution in [0.15, 0.2) is 24.3 Å². The lowest BCUT2D eigenvalue weighted by Crippen LogP contribution is -2.40. The average Bonchev–Trinajstić information content (AvgIpc) is 2.96. The molecular weight excluding hydrogens is 495 g/mol. The molecule has 30 heavy (non-hydrogen) atoms. The quantitative estimate of drug-likeness (QED) is 0.108. The third kappa shape index (κ3) is 7.31. The Hall–Kier alpha value is -0.440. The van der Waals surface area contributed by atoms with Crippen molar-refractivity contribution in [3.8, 4) is 0 Å². The molecule has 2 saturated carbocycles. The van der Waals surface area contributed by atoms with Gasteiger partial charge in [-0.3, -0.25) is 4.79 Å². The van der Waals surface area contributed by atoms with Crippen molar-refractivity contribution in [2.45, 2.75) is 88.9 Å². The van der Waals surface area contributed by atoms with Crippen LogP contribution >= 0.6 is 22.6 Å². The van der Waals surface area contributed by atoms with Crippen LogP contribution in [0.1, 0.15) is 70.6 Å². The molecule has 0 heterocycles. The van der Waals surface area contributed by atoms with Gasteiger partial charge in [-0.1, -0.05) is 59.7 Å². The van der Waals surface area contributed by atoms with Crippen LogP contribution in [0.3, 0.4) is 0 Å². The Kier molecular flexibility index (Phi) is 11.3. The number of allylic oxidation sites excluding steroid dienone is 2. The largest absolute Gasteiger partial charge is 0.469 e. The van der Waals surface area contributed by atoms with Gasteiger partial charge in [-0.25, -0.2) is 0 Å². The minimum Gasteiger partial charge on any atom is -0.469 e. The van der Waals surface area contributed by atoms with Gasteiger partial charge in [0.25, 0.3) is 0 Å². The first kappa shape index (κ1) is 25.8. The topological polar surface area (TPSA) is 87.0 Å². The maximum Gasteiger partial charge on any atom is 0.305 e. The van der Waals surface area contributed by atoms with E-state index in [1.807, 2.05) is 24.3 Å². The lowest BCUT2D eigenvalue weighted by Gasteiger charge is -2.45. The fourth-order valence-corrected chi connectivity index (χ4v) is 5.42. The number of hydrogen-bond acceptors (Lipinski definition) is 5. The van der Waals surface area contributed by atoms with Gasteiger partial charge in [0.2, 0.25) is 0 Å². The van der Waals surface area contributed by atoms with Crippen molar-refractivity contribution in [3.63, 3.8) is 0 Å². The van der Waals surface area contributed by atoms with Crippen LogP contribution in [-0.2, 0) is 9.53 Å². The second-order valence-corrected chi connectivity index (χ2v) is 10.1. The summed E-state index contributed by atoms with van der Waals surface area (Å²) < 4.78 is 5.79. The summed E-state index contributed by atoms with van der Waals surface area (Å²) >= 11 is 2.40. The van der Waals surface area contributed by atoms with Gasteiger partial charge in [-0.05, 0) is 60.7 Å². The van der Waals surface area contributed by atoms with E-state index in [1.54, 1.807) is 0 Å². The first-order valence-corrected chi connectivity index (χ1v) is 13.0. The minimum absolute atomic E-state index is 0.0134. The Labute approximate surface area is 195 Å². The van der Waals surface area contributed by atoms with Crippen molar-refractivity contribution in [1.29, 1.82) is 0 Å². The number of ether oxygens (including phenoxy) is 1. The van der Waals surface area contributed by atoms with Crippen molar-refractivity contribution in [2.75, 3.05) is 11.5 Å². The number of alkyl halides is 1. The summed E-state index contributed by atoms with van der Waals surface area (Å²) in [4.78, 5) is 11.1. The van der Waals surface area contributed by atoms with Gasteiger partial charge >= 0.3 is 5.97 Å². The van der Waals surface area contributed by atoms with E-state index in [4.69, 9.17) is 0 Å². The van der Waals surface area contributed by atoms with Crippen molar-refractivity contribution >= 4 is 28.6 Å². The molecule has 172 valence electrons. The maximum atomic E-state index is 11.1. The monoisotopic (exact) mass is 534 g/mol. The van der Waals surface area contributed by atoms with Crippen molar-refractivity contribution in [2.24, 2.45) is 17.3 Å². The smallest absolute Gasteiger partial charge is 0.305 e. The highest BCUT2D eigenvalue weighted by molar-refractivity contribution is 14.1. The third-order valence-electron chi connectivity index (χ3n) is 7.02. The van der Waals surface area contributed by atoms with Crippen LogP contribution in [0.2, 0.25) is 0 Å². The number of esters is 1. The number of hydrogen-bond donors (Lipinski definition) is 3. The summed E-state index contributed by atoms with van der Waals surface area (Å²) in [5.74, 6) is -0.377. The van der Waals surface area contributed by atoms with Crippen LogP contribution in [0.25, 0.3) is 0 Å². The van der Waals surface area contributed by atoms with Gasteiger partial charge in [0.1, 0.15) is 0 Å². The fraction of sp³-hybridized carbons (Fsp3) is 0.792. The van der Waals surface area contributed by atoms with E-state index in [-0.39, 0.29) is 23.2 Å². The highest BCUT2D eigenvalue weighted by Crippen LogP contribution is 2.48.